The molecule has 0 aromatic carbocycles. The zero-order chi connectivity index (χ0) is 11.9. The van der Waals surface area contributed by atoms with E-state index < -0.39 is 5.79 Å². The molecule has 3 rings (SSSR count). The fourth-order valence-electron chi connectivity index (χ4n) is 2.86. The molecule has 0 unspecified atom stereocenters. The summed E-state index contributed by atoms with van der Waals surface area (Å²) < 4.78 is 11.2. The molecule has 2 fully saturated rings. The second-order valence-electron chi connectivity index (χ2n) is 4.72. The molecule has 2 aliphatic heterocycles. The number of nitrogens with zero attached hydrogens (tertiary/aromatic N) is 1. The first-order valence-corrected chi connectivity index (χ1v) is 6.03. The summed E-state index contributed by atoms with van der Waals surface area (Å²) in [6.45, 7) is 1.29. The Kier molecular flexibility index (Phi) is 2.52. The molecule has 0 N–H and O–H groups in total. The molecule has 17 heavy (non-hydrogen) atoms. The van der Waals surface area contributed by atoms with Gasteiger partial charge in [-0.15, -0.1) is 0 Å². The SMILES string of the molecule is O=C1C=CC(=O)N1C1CCC2(CC1)OCCO2. The lowest BCUT2D eigenvalue weighted by Crippen LogP contribution is -2.46. The van der Waals surface area contributed by atoms with Crippen LogP contribution in [0.1, 0.15) is 25.7 Å². The second-order valence-corrected chi connectivity index (χ2v) is 4.72. The van der Waals surface area contributed by atoms with Crippen molar-refractivity contribution in [2.45, 2.75) is 37.5 Å². The third kappa shape index (κ3) is 1.79. The molecule has 1 spiro atoms. The van der Waals surface area contributed by atoms with E-state index in [9.17, 15) is 9.59 Å². The van der Waals surface area contributed by atoms with Crippen molar-refractivity contribution in [3.63, 3.8) is 0 Å². The Morgan fingerprint density at radius 2 is 1.59 bits per heavy atom. The van der Waals surface area contributed by atoms with Gasteiger partial charge in [0.15, 0.2) is 5.79 Å². The number of rotatable bonds is 1. The van der Waals surface area contributed by atoms with Crippen LogP contribution in [-0.2, 0) is 19.1 Å². The van der Waals surface area contributed by atoms with E-state index in [1.165, 1.54) is 17.1 Å². The van der Waals surface area contributed by atoms with Gasteiger partial charge in [-0.3, -0.25) is 14.5 Å². The highest BCUT2D eigenvalue weighted by Gasteiger charge is 2.43. The molecule has 2 heterocycles. The smallest absolute Gasteiger partial charge is 0.253 e. The maximum absolute atomic E-state index is 11.6. The van der Waals surface area contributed by atoms with E-state index in [1.54, 1.807) is 0 Å². The van der Waals surface area contributed by atoms with Gasteiger partial charge in [0, 0.05) is 31.0 Å². The Bertz CT molecular complexity index is 356. The Balaban J connectivity index is 1.65. The minimum absolute atomic E-state index is 0.00317. The summed E-state index contributed by atoms with van der Waals surface area (Å²) in [4.78, 5) is 24.5. The maximum atomic E-state index is 11.6. The zero-order valence-electron chi connectivity index (χ0n) is 9.55. The highest BCUT2D eigenvalue weighted by Crippen LogP contribution is 2.37. The highest BCUT2D eigenvalue weighted by molar-refractivity contribution is 6.13. The van der Waals surface area contributed by atoms with Crippen molar-refractivity contribution in [1.29, 1.82) is 0 Å². The van der Waals surface area contributed by atoms with Crippen LogP contribution < -0.4 is 0 Å². The number of imide groups is 1. The number of hydrogen-bond acceptors (Lipinski definition) is 4. The van der Waals surface area contributed by atoms with Crippen molar-refractivity contribution >= 4 is 11.8 Å². The predicted octanol–water partition coefficient (Wildman–Crippen LogP) is 0.597. The fourth-order valence-corrected chi connectivity index (χ4v) is 2.86. The van der Waals surface area contributed by atoms with Gasteiger partial charge in [-0.05, 0) is 12.8 Å². The largest absolute Gasteiger partial charge is 0.348 e. The first kappa shape index (κ1) is 10.9. The fraction of sp³-hybridized carbons (Fsp3) is 0.667. The number of ether oxygens (including phenoxy) is 2. The van der Waals surface area contributed by atoms with E-state index in [0.29, 0.717) is 13.2 Å². The monoisotopic (exact) mass is 237 g/mol. The third-order valence-corrected chi connectivity index (χ3v) is 3.74. The Hall–Kier alpha value is -1.20. The van der Waals surface area contributed by atoms with Gasteiger partial charge in [0.1, 0.15) is 0 Å². The molecular formula is C12H15NO4. The molecule has 1 aliphatic carbocycles. The number of hydrogen-bond donors (Lipinski definition) is 0. The summed E-state index contributed by atoms with van der Waals surface area (Å²) in [5, 5.41) is 0. The average Bonchev–Trinajstić information content (AvgIpc) is 2.90. The van der Waals surface area contributed by atoms with Crippen LogP contribution in [0.3, 0.4) is 0 Å². The number of carbonyl (C=O) groups is 2. The Morgan fingerprint density at radius 3 is 2.12 bits per heavy atom. The van der Waals surface area contributed by atoms with Crippen molar-refractivity contribution in [2.75, 3.05) is 13.2 Å². The molecule has 0 radical (unpaired) electrons. The number of amides is 2. The Morgan fingerprint density at radius 1 is 1.06 bits per heavy atom. The predicted molar refractivity (Wildman–Crippen MR) is 57.9 cm³/mol. The Labute approximate surface area is 99.4 Å². The quantitative estimate of drug-likeness (QED) is 0.627. The normalized spacial score (nSPS) is 28.6. The lowest BCUT2D eigenvalue weighted by Gasteiger charge is -2.38. The molecule has 0 bridgehead atoms. The van der Waals surface area contributed by atoms with Gasteiger partial charge in [0.25, 0.3) is 11.8 Å². The van der Waals surface area contributed by atoms with E-state index >= 15 is 0 Å². The van der Waals surface area contributed by atoms with Crippen LogP contribution in [0.4, 0.5) is 0 Å². The molecule has 0 atom stereocenters. The average molecular weight is 237 g/mol. The highest BCUT2D eigenvalue weighted by atomic mass is 16.7. The van der Waals surface area contributed by atoms with Gasteiger partial charge in [0.2, 0.25) is 0 Å². The van der Waals surface area contributed by atoms with E-state index in [-0.39, 0.29) is 17.9 Å². The van der Waals surface area contributed by atoms with Gasteiger partial charge in [-0.1, -0.05) is 0 Å². The van der Waals surface area contributed by atoms with Crippen LogP contribution in [0.2, 0.25) is 0 Å². The van der Waals surface area contributed by atoms with Crippen molar-refractivity contribution in [2.24, 2.45) is 0 Å². The molecule has 5 nitrogen and oxygen atoms in total. The van der Waals surface area contributed by atoms with Crippen molar-refractivity contribution in [1.82, 2.24) is 4.90 Å². The molecule has 5 heteroatoms. The summed E-state index contributed by atoms with van der Waals surface area (Å²) in [5.74, 6) is -0.816. The minimum Gasteiger partial charge on any atom is -0.348 e. The van der Waals surface area contributed by atoms with Crippen LogP contribution in [0.5, 0.6) is 0 Å². The molecule has 1 saturated heterocycles. The summed E-state index contributed by atoms with van der Waals surface area (Å²) in [7, 11) is 0. The van der Waals surface area contributed by atoms with Gasteiger partial charge in [-0.25, -0.2) is 0 Å². The lowest BCUT2D eigenvalue weighted by atomic mass is 9.89. The zero-order valence-corrected chi connectivity index (χ0v) is 9.55. The summed E-state index contributed by atoms with van der Waals surface area (Å²) >= 11 is 0. The van der Waals surface area contributed by atoms with Crippen LogP contribution in [0, 0.1) is 0 Å². The van der Waals surface area contributed by atoms with Crippen LogP contribution in [-0.4, -0.2) is 41.8 Å². The minimum atomic E-state index is -0.435. The van der Waals surface area contributed by atoms with Gasteiger partial charge < -0.3 is 9.47 Å². The standard InChI is InChI=1S/C12H15NO4/c14-10-1-2-11(15)13(10)9-3-5-12(6-4-9)16-7-8-17-12/h1-2,9H,3-8H2. The summed E-state index contributed by atoms with van der Waals surface area (Å²) in [5.41, 5.74) is 0. The molecular weight excluding hydrogens is 222 g/mol. The van der Waals surface area contributed by atoms with E-state index in [2.05, 4.69) is 0 Å². The van der Waals surface area contributed by atoms with Crippen LogP contribution >= 0.6 is 0 Å². The molecule has 2 amide bonds. The molecule has 3 aliphatic rings. The van der Waals surface area contributed by atoms with Crippen molar-refractivity contribution in [3.8, 4) is 0 Å². The van der Waals surface area contributed by atoms with Crippen LogP contribution in [0.15, 0.2) is 12.2 Å². The number of carbonyl (C=O) groups excluding carboxylic acids is 2. The van der Waals surface area contributed by atoms with Gasteiger partial charge in [0.05, 0.1) is 13.2 Å². The summed E-state index contributed by atoms with van der Waals surface area (Å²) in [6.07, 6.45) is 5.73. The molecule has 1 saturated carbocycles. The molecule has 0 aromatic heterocycles. The van der Waals surface area contributed by atoms with Gasteiger partial charge >= 0.3 is 0 Å². The van der Waals surface area contributed by atoms with Crippen molar-refractivity contribution < 1.29 is 19.1 Å². The lowest BCUT2D eigenvalue weighted by molar-refractivity contribution is -0.185. The molecule has 92 valence electrons. The third-order valence-electron chi connectivity index (χ3n) is 3.74. The maximum Gasteiger partial charge on any atom is 0.253 e. The first-order chi connectivity index (χ1) is 8.20. The van der Waals surface area contributed by atoms with Crippen LogP contribution in [0.25, 0.3) is 0 Å². The second kappa shape index (κ2) is 3.92. The van der Waals surface area contributed by atoms with E-state index in [0.717, 1.165) is 25.7 Å². The topological polar surface area (TPSA) is 55.8 Å². The van der Waals surface area contributed by atoms with E-state index in [4.69, 9.17) is 9.47 Å². The summed E-state index contributed by atoms with van der Waals surface area (Å²) in [6, 6.07) is 0.00317. The van der Waals surface area contributed by atoms with Crippen molar-refractivity contribution in [3.05, 3.63) is 12.2 Å². The van der Waals surface area contributed by atoms with Gasteiger partial charge in [-0.2, -0.15) is 0 Å². The van der Waals surface area contributed by atoms with E-state index in [1.807, 2.05) is 0 Å². The molecule has 0 aromatic rings. The first-order valence-electron chi connectivity index (χ1n) is 6.03.